The summed E-state index contributed by atoms with van der Waals surface area (Å²) in [6.45, 7) is 9.10. The maximum Gasteiger partial charge on any atom is 0.312 e. The van der Waals surface area contributed by atoms with Crippen molar-refractivity contribution in [3.8, 4) is 0 Å². The monoisotopic (exact) mass is 289 g/mol. The van der Waals surface area contributed by atoms with Crippen molar-refractivity contribution in [3.05, 3.63) is 33.4 Å². The molecular weight excluding hydrogens is 271 g/mol. The van der Waals surface area contributed by atoms with E-state index in [-0.39, 0.29) is 21.2 Å². The molecule has 0 atom stereocenters. The maximum absolute atomic E-state index is 2.39. The molecule has 1 heteroatoms. The maximum atomic E-state index is 2.39. The van der Waals surface area contributed by atoms with E-state index in [9.17, 15) is 0 Å². The minimum atomic E-state index is 0.265. The SMILES string of the molecule is CC[I+]c1cccc(C(C)(C)C)c1. The Hall–Kier alpha value is -0.0500. The molecule has 0 spiro atoms. The molecule has 1 aromatic carbocycles. The van der Waals surface area contributed by atoms with Gasteiger partial charge in [-0.25, -0.2) is 0 Å². The number of hydrogen-bond donors (Lipinski definition) is 0. The van der Waals surface area contributed by atoms with E-state index in [4.69, 9.17) is 0 Å². The predicted molar refractivity (Wildman–Crippen MR) is 54.4 cm³/mol. The Balaban J connectivity index is 2.92. The fourth-order valence-corrected chi connectivity index (χ4v) is 3.09. The van der Waals surface area contributed by atoms with E-state index in [0.29, 0.717) is 5.41 Å². The molecule has 13 heavy (non-hydrogen) atoms. The third kappa shape index (κ3) is 3.29. The fourth-order valence-electron chi connectivity index (χ4n) is 1.19. The van der Waals surface area contributed by atoms with Crippen LogP contribution in [0.2, 0.25) is 0 Å². The van der Waals surface area contributed by atoms with Gasteiger partial charge in [0.05, 0.1) is 0 Å². The van der Waals surface area contributed by atoms with Crippen molar-refractivity contribution in [2.24, 2.45) is 0 Å². The molecule has 0 N–H and O–H groups in total. The van der Waals surface area contributed by atoms with Crippen LogP contribution in [0.15, 0.2) is 24.3 Å². The quantitative estimate of drug-likeness (QED) is 0.541. The molecule has 0 radical (unpaired) electrons. The lowest BCUT2D eigenvalue weighted by Crippen LogP contribution is -3.62. The third-order valence-corrected chi connectivity index (χ3v) is 4.29. The third-order valence-electron chi connectivity index (χ3n) is 1.98. The van der Waals surface area contributed by atoms with Crippen molar-refractivity contribution < 1.29 is 21.2 Å². The summed E-state index contributed by atoms with van der Waals surface area (Å²) in [5, 5.41) is 0. The van der Waals surface area contributed by atoms with Crippen LogP contribution in [-0.4, -0.2) is 4.43 Å². The normalized spacial score (nSPS) is 11.7. The molecule has 0 aliphatic carbocycles. The first-order chi connectivity index (χ1) is 6.04. The van der Waals surface area contributed by atoms with E-state index < -0.39 is 0 Å². The van der Waals surface area contributed by atoms with Crippen LogP contribution in [-0.2, 0) is 5.41 Å². The lowest BCUT2D eigenvalue weighted by molar-refractivity contribution is -0.623. The van der Waals surface area contributed by atoms with Crippen molar-refractivity contribution in [2.75, 3.05) is 4.43 Å². The largest absolute Gasteiger partial charge is 0.312 e. The Labute approximate surface area is 92.0 Å². The molecule has 0 heterocycles. The van der Waals surface area contributed by atoms with Crippen molar-refractivity contribution in [3.63, 3.8) is 0 Å². The summed E-state index contributed by atoms with van der Waals surface area (Å²) in [6, 6.07) is 9.09. The first-order valence-corrected chi connectivity index (χ1v) is 7.34. The Morgan fingerprint density at radius 3 is 2.46 bits per heavy atom. The van der Waals surface area contributed by atoms with Crippen LogP contribution in [0.4, 0.5) is 0 Å². The highest BCUT2D eigenvalue weighted by atomic mass is 127. The molecule has 0 fully saturated rings. The number of hydrogen-bond acceptors (Lipinski definition) is 0. The zero-order valence-corrected chi connectivity index (χ0v) is 11.1. The summed E-state index contributed by atoms with van der Waals surface area (Å²) >= 11 is 0.265. The number of halogens is 1. The number of alkyl halides is 1. The summed E-state index contributed by atoms with van der Waals surface area (Å²) in [6.07, 6.45) is 0. The zero-order valence-electron chi connectivity index (χ0n) is 8.89. The van der Waals surface area contributed by atoms with Crippen LogP contribution in [0.25, 0.3) is 0 Å². The molecule has 0 aromatic heterocycles. The van der Waals surface area contributed by atoms with Gasteiger partial charge in [0.25, 0.3) is 0 Å². The molecule has 1 rings (SSSR count). The van der Waals surface area contributed by atoms with E-state index in [0.717, 1.165) is 0 Å². The Bertz CT molecular complexity index is 271. The molecule has 0 nitrogen and oxygen atoms in total. The van der Waals surface area contributed by atoms with E-state index in [1.807, 2.05) is 0 Å². The second-order valence-corrected chi connectivity index (χ2v) is 7.70. The molecule has 0 aliphatic heterocycles. The first kappa shape index (κ1) is 11.0. The summed E-state index contributed by atoms with van der Waals surface area (Å²) in [7, 11) is 0. The Morgan fingerprint density at radius 2 is 1.92 bits per heavy atom. The van der Waals surface area contributed by atoms with Crippen molar-refractivity contribution in [2.45, 2.75) is 33.1 Å². The summed E-state index contributed by atoms with van der Waals surface area (Å²) in [4.78, 5) is 0. The predicted octanol–water partition coefficient (Wildman–Crippen LogP) is 0.263. The molecule has 0 bridgehead atoms. The Kier molecular flexibility index (Phi) is 3.77. The van der Waals surface area contributed by atoms with Crippen LogP contribution < -0.4 is 21.2 Å². The highest BCUT2D eigenvalue weighted by molar-refractivity contribution is 5.21. The van der Waals surface area contributed by atoms with Gasteiger partial charge in [0.1, 0.15) is 4.43 Å². The van der Waals surface area contributed by atoms with Gasteiger partial charge >= 0.3 is 21.2 Å². The molecule has 0 amide bonds. The summed E-state index contributed by atoms with van der Waals surface area (Å²) in [5.74, 6) is 0. The van der Waals surface area contributed by atoms with Crippen molar-refractivity contribution >= 4 is 0 Å². The molecule has 1 aromatic rings. The van der Waals surface area contributed by atoms with E-state index in [1.54, 1.807) is 3.57 Å². The minimum Gasteiger partial charge on any atom is -0.0582 e. The molecule has 0 saturated carbocycles. The highest BCUT2D eigenvalue weighted by Gasteiger charge is 2.16. The first-order valence-electron chi connectivity index (χ1n) is 4.73. The van der Waals surface area contributed by atoms with Gasteiger partial charge in [-0.2, -0.15) is 0 Å². The molecule has 72 valence electrons. The number of rotatable bonds is 2. The minimum absolute atomic E-state index is 0.265. The van der Waals surface area contributed by atoms with Crippen LogP contribution in [0, 0.1) is 3.57 Å². The lowest BCUT2D eigenvalue weighted by Gasteiger charge is -2.18. The summed E-state index contributed by atoms with van der Waals surface area (Å²) in [5.41, 5.74) is 1.77. The van der Waals surface area contributed by atoms with E-state index >= 15 is 0 Å². The topological polar surface area (TPSA) is 0 Å². The van der Waals surface area contributed by atoms with Crippen molar-refractivity contribution in [1.82, 2.24) is 0 Å². The smallest absolute Gasteiger partial charge is 0.0582 e. The summed E-state index contributed by atoms with van der Waals surface area (Å²) < 4.78 is 2.92. The molecule has 0 aliphatic rings. The van der Waals surface area contributed by atoms with Gasteiger partial charge in [0, 0.05) is 0 Å². The van der Waals surface area contributed by atoms with Gasteiger partial charge in [-0.1, -0.05) is 32.9 Å². The average Bonchev–Trinajstić information content (AvgIpc) is 2.04. The van der Waals surface area contributed by atoms with Gasteiger partial charge in [-0.05, 0) is 30.0 Å². The van der Waals surface area contributed by atoms with Gasteiger partial charge in [-0.3, -0.25) is 0 Å². The van der Waals surface area contributed by atoms with E-state index in [2.05, 4.69) is 52.0 Å². The van der Waals surface area contributed by atoms with Crippen LogP contribution in [0.1, 0.15) is 33.3 Å². The second kappa shape index (κ2) is 4.45. The van der Waals surface area contributed by atoms with Gasteiger partial charge in [-0.15, -0.1) is 0 Å². The van der Waals surface area contributed by atoms with Gasteiger partial charge in [0.2, 0.25) is 0 Å². The van der Waals surface area contributed by atoms with Gasteiger partial charge < -0.3 is 0 Å². The Morgan fingerprint density at radius 1 is 1.23 bits per heavy atom. The molecule has 0 saturated heterocycles. The van der Waals surface area contributed by atoms with Crippen molar-refractivity contribution in [1.29, 1.82) is 0 Å². The average molecular weight is 289 g/mol. The van der Waals surface area contributed by atoms with Crippen LogP contribution >= 0.6 is 0 Å². The van der Waals surface area contributed by atoms with Crippen LogP contribution in [0.5, 0.6) is 0 Å². The number of benzene rings is 1. The molecule has 0 unspecified atom stereocenters. The zero-order chi connectivity index (χ0) is 9.90. The van der Waals surface area contributed by atoms with E-state index in [1.165, 1.54) is 9.99 Å². The fraction of sp³-hybridized carbons (Fsp3) is 0.500. The second-order valence-electron chi connectivity index (χ2n) is 4.16. The standard InChI is InChI=1S/C12H18I/c1-5-13-11-8-6-7-10(9-11)12(2,3)4/h6-9H,5H2,1-4H3/q+1. The van der Waals surface area contributed by atoms with Gasteiger partial charge in [0.15, 0.2) is 3.57 Å². The molecular formula is C12H18I+. The van der Waals surface area contributed by atoms with Crippen LogP contribution in [0.3, 0.4) is 0 Å². The lowest BCUT2D eigenvalue weighted by atomic mass is 9.87. The highest BCUT2D eigenvalue weighted by Crippen LogP contribution is 2.20.